The Hall–Kier alpha value is -3.06. The van der Waals surface area contributed by atoms with Crippen LogP contribution in [0.2, 0.25) is 0 Å². The Balaban J connectivity index is 1.36. The summed E-state index contributed by atoms with van der Waals surface area (Å²) in [5.74, 6) is 0.944. The van der Waals surface area contributed by atoms with Crippen LogP contribution in [0.4, 0.5) is 10.5 Å². The van der Waals surface area contributed by atoms with Gasteiger partial charge in [0.25, 0.3) is 0 Å². The lowest BCUT2D eigenvalue weighted by Crippen LogP contribution is -2.53. The van der Waals surface area contributed by atoms with Crippen LogP contribution in [-0.4, -0.2) is 79.6 Å². The summed E-state index contributed by atoms with van der Waals surface area (Å²) >= 11 is 0. The Kier molecular flexibility index (Phi) is 7.89. The van der Waals surface area contributed by atoms with E-state index in [2.05, 4.69) is 25.2 Å². The van der Waals surface area contributed by atoms with Gasteiger partial charge in [0.2, 0.25) is 5.91 Å². The lowest BCUT2D eigenvalue weighted by Gasteiger charge is -2.35. The number of carbonyl (C=O) groups excluding carboxylic acids is 2. The molecular weight excluding hydrogens is 392 g/mol. The summed E-state index contributed by atoms with van der Waals surface area (Å²) < 4.78 is 5.84. The number of nitrogens with zero attached hydrogens (tertiary/aromatic N) is 3. The summed E-state index contributed by atoms with van der Waals surface area (Å²) in [6.45, 7) is 7.80. The molecule has 7 heteroatoms. The van der Waals surface area contributed by atoms with Gasteiger partial charge >= 0.3 is 6.03 Å². The van der Waals surface area contributed by atoms with Crippen LogP contribution in [0, 0.1) is 13.8 Å². The molecule has 2 aromatic carbocycles. The van der Waals surface area contributed by atoms with Crippen molar-refractivity contribution in [2.24, 2.45) is 0 Å². The fraction of sp³-hybridized carbons (Fsp3) is 0.417. The first-order valence-corrected chi connectivity index (χ1v) is 10.7. The quantitative estimate of drug-likeness (QED) is 0.742. The van der Waals surface area contributed by atoms with Crippen molar-refractivity contribution in [1.29, 1.82) is 0 Å². The monoisotopic (exact) mass is 424 g/mol. The van der Waals surface area contributed by atoms with Gasteiger partial charge in [0.05, 0.1) is 6.54 Å². The van der Waals surface area contributed by atoms with E-state index < -0.39 is 0 Å². The third-order valence-corrected chi connectivity index (χ3v) is 5.29. The van der Waals surface area contributed by atoms with Crippen LogP contribution in [-0.2, 0) is 4.79 Å². The fourth-order valence-corrected chi connectivity index (χ4v) is 3.63. The standard InChI is InChI=1S/C24H32N4O3/c1-19-15-20(2)17-22(16-19)31-14-13-26(3)18-23(29)27-9-11-28(12-10-27)24(30)25-21-7-5-4-6-8-21/h4-8,15-17H,9-14,18H2,1-3H3,(H,25,30). The van der Waals surface area contributed by atoms with E-state index in [4.69, 9.17) is 4.74 Å². The molecule has 0 aromatic heterocycles. The Morgan fingerprint density at radius 1 is 0.968 bits per heavy atom. The Morgan fingerprint density at radius 2 is 1.58 bits per heavy atom. The highest BCUT2D eigenvalue weighted by Crippen LogP contribution is 2.16. The van der Waals surface area contributed by atoms with E-state index in [1.165, 1.54) is 11.1 Å². The molecule has 1 heterocycles. The zero-order valence-corrected chi connectivity index (χ0v) is 18.6. The number of aryl methyl sites for hydroxylation is 2. The second kappa shape index (κ2) is 10.8. The fourth-order valence-electron chi connectivity index (χ4n) is 3.63. The van der Waals surface area contributed by atoms with Crippen molar-refractivity contribution >= 4 is 17.6 Å². The average molecular weight is 425 g/mol. The molecule has 0 atom stereocenters. The molecule has 7 nitrogen and oxygen atoms in total. The molecule has 0 radical (unpaired) electrons. The summed E-state index contributed by atoms with van der Waals surface area (Å²) in [5.41, 5.74) is 3.13. The van der Waals surface area contributed by atoms with Gasteiger partial charge in [0.15, 0.2) is 0 Å². The maximum atomic E-state index is 12.6. The highest BCUT2D eigenvalue weighted by atomic mass is 16.5. The molecule has 2 aromatic rings. The summed E-state index contributed by atoms with van der Waals surface area (Å²) in [5, 5.41) is 2.89. The molecule has 0 bridgehead atoms. The van der Waals surface area contributed by atoms with Crippen LogP contribution in [0.15, 0.2) is 48.5 Å². The summed E-state index contributed by atoms with van der Waals surface area (Å²) in [7, 11) is 1.92. The molecule has 3 rings (SSSR count). The van der Waals surface area contributed by atoms with Gasteiger partial charge in [-0.25, -0.2) is 4.79 Å². The van der Waals surface area contributed by atoms with Gasteiger partial charge in [-0.15, -0.1) is 0 Å². The first-order valence-electron chi connectivity index (χ1n) is 10.7. The molecule has 0 spiro atoms. The van der Waals surface area contributed by atoms with Gasteiger partial charge in [0, 0.05) is 38.4 Å². The zero-order chi connectivity index (χ0) is 22.2. The van der Waals surface area contributed by atoms with Crippen molar-refractivity contribution in [3.05, 3.63) is 59.7 Å². The van der Waals surface area contributed by atoms with Gasteiger partial charge in [-0.2, -0.15) is 0 Å². The van der Waals surface area contributed by atoms with Crippen molar-refractivity contribution in [3.63, 3.8) is 0 Å². The van der Waals surface area contributed by atoms with Crippen LogP contribution in [0.1, 0.15) is 11.1 Å². The second-order valence-corrected chi connectivity index (χ2v) is 8.07. The van der Waals surface area contributed by atoms with E-state index in [1.54, 1.807) is 4.90 Å². The largest absolute Gasteiger partial charge is 0.492 e. The minimum atomic E-state index is -0.126. The van der Waals surface area contributed by atoms with Crippen molar-refractivity contribution in [3.8, 4) is 5.75 Å². The Bertz CT molecular complexity index is 859. The van der Waals surface area contributed by atoms with E-state index >= 15 is 0 Å². The van der Waals surface area contributed by atoms with Crippen LogP contribution >= 0.6 is 0 Å². The molecule has 1 N–H and O–H groups in total. The van der Waals surface area contributed by atoms with Crippen molar-refractivity contribution in [2.75, 3.05) is 58.2 Å². The normalized spacial score (nSPS) is 13.9. The molecule has 1 saturated heterocycles. The van der Waals surface area contributed by atoms with Crippen molar-refractivity contribution in [2.45, 2.75) is 13.8 Å². The summed E-state index contributed by atoms with van der Waals surface area (Å²) in [6.07, 6.45) is 0. The van der Waals surface area contributed by atoms with Crippen LogP contribution in [0.3, 0.4) is 0 Å². The average Bonchev–Trinajstić information content (AvgIpc) is 2.74. The molecule has 166 valence electrons. The number of para-hydroxylation sites is 1. The lowest BCUT2D eigenvalue weighted by atomic mass is 10.1. The number of piperazine rings is 1. The third-order valence-electron chi connectivity index (χ3n) is 5.29. The summed E-state index contributed by atoms with van der Waals surface area (Å²) in [4.78, 5) is 30.6. The van der Waals surface area contributed by atoms with Crippen molar-refractivity contribution in [1.82, 2.24) is 14.7 Å². The maximum Gasteiger partial charge on any atom is 0.321 e. The number of hydrogen-bond donors (Lipinski definition) is 1. The minimum Gasteiger partial charge on any atom is -0.492 e. The molecule has 1 aliphatic heterocycles. The highest BCUT2D eigenvalue weighted by molar-refractivity contribution is 5.89. The number of nitrogens with one attached hydrogen (secondary N) is 1. The number of carbonyl (C=O) groups is 2. The first-order chi connectivity index (χ1) is 14.9. The topological polar surface area (TPSA) is 65.1 Å². The predicted octanol–water partition coefficient (Wildman–Crippen LogP) is 2.99. The van der Waals surface area contributed by atoms with Gasteiger partial charge in [-0.3, -0.25) is 9.69 Å². The molecule has 0 aliphatic carbocycles. The van der Waals surface area contributed by atoms with E-state index in [0.717, 1.165) is 11.4 Å². The van der Waals surface area contributed by atoms with Gasteiger partial charge < -0.3 is 19.9 Å². The van der Waals surface area contributed by atoms with Gasteiger partial charge in [0.1, 0.15) is 12.4 Å². The van der Waals surface area contributed by atoms with Crippen molar-refractivity contribution < 1.29 is 14.3 Å². The predicted molar refractivity (Wildman–Crippen MR) is 123 cm³/mol. The van der Waals surface area contributed by atoms with E-state index in [9.17, 15) is 9.59 Å². The molecule has 0 unspecified atom stereocenters. The lowest BCUT2D eigenvalue weighted by molar-refractivity contribution is -0.133. The maximum absolute atomic E-state index is 12.6. The van der Waals surface area contributed by atoms with Gasteiger partial charge in [-0.1, -0.05) is 24.3 Å². The second-order valence-electron chi connectivity index (χ2n) is 8.07. The minimum absolute atomic E-state index is 0.0806. The Labute approximate surface area is 184 Å². The SMILES string of the molecule is Cc1cc(C)cc(OCCN(C)CC(=O)N2CCN(C(=O)Nc3ccccc3)CC2)c1. The molecule has 3 amide bonds. The molecular formula is C24H32N4O3. The zero-order valence-electron chi connectivity index (χ0n) is 18.6. The first kappa shape index (κ1) is 22.6. The van der Waals surface area contributed by atoms with Crippen LogP contribution < -0.4 is 10.1 Å². The van der Waals surface area contributed by atoms with E-state index in [-0.39, 0.29) is 11.9 Å². The van der Waals surface area contributed by atoms with Gasteiger partial charge in [-0.05, 0) is 56.3 Å². The third kappa shape index (κ3) is 7.00. The molecule has 1 fully saturated rings. The number of benzene rings is 2. The summed E-state index contributed by atoms with van der Waals surface area (Å²) in [6, 6.07) is 15.4. The molecule has 0 saturated carbocycles. The van der Waals surface area contributed by atoms with E-state index in [0.29, 0.717) is 45.9 Å². The number of likely N-dealkylation sites (N-methyl/N-ethyl adjacent to an activating group) is 1. The number of urea groups is 1. The Morgan fingerprint density at radius 3 is 2.23 bits per heavy atom. The smallest absolute Gasteiger partial charge is 0.321 e. The highest BCUT2D eigenvalue weighted by Gasteiger charge is 2.24. The number of rotatable bonds is 7. The number of amides is 3. The molecule has 31 heavy (non-hydrogen) atoms. The number of anilines is 1. The van der Waals surface area contributed by atoms with E-state index in [1.807, 2.05) is 59.3 Å². The molecule has 1 aliphatic rings. The number of ether oxygens (including phenoxy) is 1. The number of hydrogen-bond acceptors (Lipinski definition) is 4. The van der Waals surface area contributed by atoms with Crippen LogP contribution in [0.25, 0.3) is 0 Å². The van der Waals surface area contributed by atoms with Crippen LogP contribution in [0.5, 0.6) is 5.75 Å².